The molecule has 0 saturated heterocycles. The fourth-order valence-corrected chi connectivity index (χ4v) is 2.56. The first-order chi connectivity index (χ1) is 8.56. The topological polar surface area (TPSA) is 33.1 Å². The van der Waals surface area contributed by atoms with Crippen LogP contribution in [0.15, 0.2) is 46.5 Å². The van der Waals surface area contributed by atoms with Crippen LogP contribution in [0.1, 0.15) is 29.7 Å². The molecule has 0 spiro atoms. The highest BCUT2D eigenvalue weighted by atomic mass is 32.2. The van der Waals surface area contributed by atoms with Crippen LogP contribution >= 0.6 is 11.8 Å². The number of pyridine rings is 1. The number of benzene rings is 1. The molecule has 2 aromatic rings. The first-order valence-electron chi connectivity index (χ1n) is 5.95. The van der Waals surface area contributed by atoms with Gasteiger partial charge in [0.05, 0.1) is 6.10 Å². The van der Waals surface area contributed by atoms with Crippen molar-refractivity contribution in [3.63, 3.8) is 0 Å². The molecule has 1 heterocycles. The smallest absolute Gasteiger partial charge is 0.101 e. The monoisotopic (exact) mass is 259 g/mol. The molecule has 0 unspecified atom stereocenters. The Bertz CT molecular complexity index is 552. The van der Waals surface area contributed by atoms with Crippen molar-refractivity contribution in [1.82, 2.24) is 4.98 Å². The van der Waals surface area contributed by atoms with E-state index in [1.54, 1.807) is 24.9 Å². The predicted octanol–water partition coefficient (Wildman–Crippen LogP) is 3.90. The summed E-state index contributed by atoms with van der Waals surface area (Å²) in [5.74, 6) is 0. The van der Waals surface area contributed by atoms with E-state index < -0.39 is 6.10 Å². The van der Waals surface area contributed by atoms with Gasteiger partial charge in [0.15, 0.2) is 0 Å². The number of hydrogen-bond acceptors (Lipinski definition) is 3. The average Bonchev–Trinajstić information content (AvgIpc) is 2.34. The second kappa shape index (κ2) is 5.55. The van der Waals surface area contributed by atoms with Gasteiger partial charge in [-0.05, 0) is 61.7 Å². The number of aliphatic hydroxyl groups is 1. The zero-order valence-corrected chi connectivity index (χ0v) is 11.7. The molecule has 0 aliphatic heterocycles. The maximum absolute atomic E-state index is 9.56. The molecule has 0 fully saturated rings. The van der Waals surface area contributed by atoms with Gasteiger partial charge in [-0.1, -0.05) is 17.8 Å². The van der Waals surface area contributed by atoms with Gasteiger partial charge < -0.3 is 5.11 Å². The van der Waals surface area contributed by atoms with Gasteiger partial charge in [-0.2, -0.15) is 0 Å². The Morgan fingerprint density at radius 3 is 2.56 bits per heavy atom. The molecule has 18 heavy (non-hydrogen) atoms. The number of rotatable bonds is 3. The van der Waals surface area contributed by atoms with Gasteiger partial charge in [0.25, 0.3) is 0 Å². The number of aromatic nitrogens is 1. The maximum Gasteiger partial charge on any atom is 0.101 e. The Morgan fingerprint density at radius 2 is 1.89 bits per heavy atom. The van der Waals surface area contributed by atoms with Crippen LogP contribution in [0.4, 0.5) is 0 Å². The summed E-state index contributed by atoms with van der Waals surface area (Å²) in [6, 6.07) is 10.2. The van der Waals surface area contributed by atoms with E-state index in [9.17, 15) is 5.11 Å². The molecule has 0 bridgehead atoms. The highest BCUT2D eigenvalue weighted by Gasteiger charge is 2.05. The van der Waals surface area contributed by atoms with E-state index in [4.69, 9.17) is 0 Å². The van der Waals surface area contributed by atoms with Crippen molar-refractivity contribution in [2.75, 3.05) is 0 Å². The fraction of sp³-hybridized carbons (Fsp3) is 0.267. The highest BCUT2D eigenvalue weighted by molar-refractivity contribution is 7.99. The molecule has 0 radical (unpaired) electrons. The first kappa shape index (κ1) is 13.1. The molecule has 0 saturated carbocycles. The third kappa shape index (κ3) is 3.12. The summed E-state index contributed by atoms with van der Waals surface area (Å²) in [7, 11) is 0. The van der Waals surface area contributed by atoms with Gasteiger partial charge in [-0.25, -0.2) is 4.98 Å². The van der Waals surface area contributed by atoms with Crippen molar-refractivity contribution in [3.8, 4) is 0 Å². The van der Waals surface area contributed by atoms with Crippen molar-refractivity contribution in [3.05, 3.63) is 53.2 Å². The van der Waals surface area contributed by atoms with Gasteiger partial charge in [-0.3, -0.25) is 0 Å². The van der Waals surface area contributed by atoms with Crippen LogP contribution in [0.5, 0.6) is 0 Å². The number of aryl methyl sites for hydroxylation is 2. The fourth-order valence-electron chi connectivity index (χ4n) is 1.64. The molecule has 2 nitrogen and oxygen atoms in total. The molecule has 1 aromatic heterocycles. The maximum atomic E-state index is 9.56. The van der Waals surface area contributed by atoms with Crippen LogP contribution in [0.2, 0.25) is 0 Å². The minimum absolute atomic E-state index is 0.452. The van der Waals surface area contributed by atoms with Crippen molar-refractivity contribution < 1.29 is 5.11 Å². The second-order valence-electron chi connectivity index (χ2n) is 4.45. The van der Waals surface area contributed by atoms with Crippen molar-refractivity contribution in [2.24, 2.45) is 0 Å². The molecule has 1 N–H and O–H groups in total. The molecule has 3 heteroatoms. The molecule has 0 amide bonds. The summed E-state index contributed by atoms with van der Waals surface area (Å²) in [6.45, 7) is 5.98. The van der Waals surface area contributed by atoms with Gasteiger partial charge >= 0.3 is 0 Å². The predicted molar refractivity (Wildman–Crippen MR) is 74.9 cm³/mol. The average molecular weight is 259 g/mol. The molecule has 2 rings (SSSR count). The number of aliphatic hydroxyl groups excluding tert-OH is 1. The van der Waals surface area contributed by atoms with Gasteiger partial charge in [-0.15, -0.1) is 0 Å². The van der Waals surface area contributed by atoms with E-state index in [1.165, 1.54) is 16.0 Å². The van der Waals surface area contributed by atoms with Crippen molar-refractivity contribution >= 4 is 11.8 Å². The molecule has 0 aliphatic rings. The van der Waals surface area contributed by atoms with Crippen LogP contribution in [-0.2, 0) is 0 Å². The lowest BCUT2D eigenvalue weighted by molar-refractivity contribution is 0.199. The van der Waals surface area contributed by atoms with Crippen LogP contribution < -0.4 is 0 Å². The summed E-state index contributed by atoms with van der Waals surface area (Å²) >= 11 is 1.62. The van der Waals surface area contributed by atoms with Crippen molar-refractivity contribution in [1.29, 1.82) is 0 Å². The lowest BCUT2D eigenvalue weighted by Crippen LogP contribution is -1.92. The minimum Gasteiger partial charge on any atom is -0.389 e. The zero-order valence-electron chi connectivity index (χ0n) is 10.8. The largest absolute Gasteiger partial charge is 0.389 e. The Balaban J connectivity index is 2.23. The standard InChI is InChI=1S/C15H17NOS/c1-10-4-5-14(8-11(10)2)18-15-9-13(12(3)17)6-7-16-15/h4-9,12,17H,1-3H3/t12-/m1/s1. The second-order valence-corrected chi connectivity index (χ2v) is 5.55. The summed E-state index contributed by atoms with van der Waals surface area (Å²) in [5, 5.41) is 10.5. The molecular formula is C15H17NOS. The van der Waals surface area contributed by atoms with Crippen LogP contribution in [-0.4, -0.2) is 10.1 Å². The molecular weight excluding hydrogens is 242 g/mol. The van der Waals surface area contributed by atoms with Gasteiger partial charge in [0.2, 0.25) is 0 Å². The Morgan fingerprint density at radius 1 is 1.11 bits per heavy atom. The SMILES string of the molecule is Cc1ccc(Sc2cc([C@@H](C)O)ccn2)cc1C. The Kier molecular flexibility index (Phi) is 4.04. The van der Waals surface area contributed by atoms with E-state index in [0.29, 0.717) is 0 Å². The number of nitrogens with zero attached hydrogens (tertiary/aromatic N) is 1. The van der Waals surface area contributed by atoms with E-state index in [-0.39, 0.29) is 0 Å². The number of hydrogen-bond donors (Lipinski definition) is 1. The van der Waals surface area contributed by atoms with Crippen LogP contribution in [0.3, 0.4) is 0 Å². The minimum atomic E-state index is -0.452. The van der Waals surface area contributed by atoms with Crippen LogP contribution in [0.25, 0.3) is 0 Å². The lowest BCUT2D eigenvalue weighted by Gasteiger charge is -2.07. The zero-order chi connectivity index (χ0) is 13.1. The van der Waals surface area contributed by atoms with Crippen LogP contribution in [0, 0.1) is 13.8 Å². The normalized spacial score (nSPS) is 12.4. The molecule has 94 valence electrons. The Labute approximate surface area is 112 Å². The van der Waals surface area contributed by atoms with E-state index in [1.807, 2.05) is 12.1 Å². The third-order valence-corrected chi connectivity index (χ3v) is 3.86. The molecule has 0 aliphatic carbocycles. The highest BCUT2D eigenvalue weighted by Crippen LogP contribution is 2.28. The molecule has 1 aromatic carbocycles. The lowest BCUT2D eigenvalue weighted by atomic mass is 10.1. The van der Waals surface area contributed by atoms with Crippen molar-refractivity contribution in [2.45, 2.75) is 36.8 Å². The summed E-state index contributed by atoms with van der Waals surface area (Å²) in [6.07, 6.45) is 1.29. The van der Waals surface area contributed by atoms with Gasteiger partial charge in [0, 0.05) is 11.1 Å². The molecule has 1 atom stereocenters. The summed E-state index contributed by atoms with van der Waals surface area (Å²) in [5.41, 5.74) is 3.48. The van der Waals surface area contributed by atoms with E-state index >= 15 is 0 Å². The summed E-state index contributed by atoms with van der Waals surface area (Å²) < 4.78 is 0. The van der Waals surface area contributed by atoms with Gasteiger partial charge in [0.1, 0.15) is 5.03 Å². The Hall–Kier alpha value is -1.32. The third-order valence-electron chi connectivity index (χ3n) is 2.94. The quantitative estimate of drug-likeness (QED) is 0.907. The first-order valence-corrected chi connectivity index (χ1v) is 6.77. The summed E-state index contributed by atoms with van der Waals surface area (Å²) in [4.78, 5) is 5.50. The van der Waals surface area contributed by atoms with E-state index in [0.717, 1.165) is 10.6 Å². The van der Waals surface area contributed by atoms with E-state index in [2.05, 4.69) is 37.0 Å².